The van der Waals surface area contributed by atoms with Crippen molar-refractivity contribution in [2.75, 3.05) is 32.2 Å². The van der Waals surface area contributed by atoms with Crippen LogP contribution in [0.4, 0.5) is 16.2 Å². The third-order valence-corrected chi connectivity index (χ3v) is 5.51. The number of ether oxygens (including phenoxy) is 2. The molecule has 1 aromatic rings. The molecule has 2 rings (SSSR count). The first-order valence-corrected chi connectivity index (χ1v) is 11.0. The van der Waals surface area contributed by atoms with Gasteiger partial charge in [-0.3, -0.25) is 19.8 Å². The van der Waals surface area contributed by atoms with Gasteiger partial charge < -0.3 is 18.6 Å². The van der Waals surface area contributed by atoms with E-state index in [0.717, 1.165) is 25.2 Å². The molecule has 11 nitrogen and oxygen atoms in total. The lowest BCUT2D eigenvalue weighted by Gasteiger charge is -2.42. The number of esters is 1. The molecule has 0 aromatic heterocycles. The molecule has 0 aliphatic carbocycles. The normalized spacial score (nSPS) is 16.7. The van der Waals surface area contributed by atoms with Gasteiger partial charge in [-0.05, 0) is 32.8 Å². The number of carbonyl (C=O) groups is 3. The molecule has 1 aromatic carbocycles. The van der Waals surface area contributed by atoms with E-state index >= 15 is 0 Å². The fraction of sp³-hybridized carbons (Fsp3) is 0.571. The van der Waals surface area contributed by atoms with E-state index in [9.17, 15) is 24.5 Å². The molecule has 1 unspecified atom stereocenters. The Morgan fingerprint density at radius 1 is 1.21 bits per heavy atom. The smallest absolute Gasteiger partial charge is 0.411 e. The fourth-order valence-corrected chi connectivity index (χ4v) is 4.08. The first-order chi connectivity index (χ1) is 15.3. The van der Waals surface area contributed by atoms with Gasteiger partial charge in [-0.25, -0.2) is 9.59 Å². The van der Waals surface area contributed by atoms with Crippen LogP contribution in [0.25, 0.3) is 0 Å². The van der Waals surface area contributed by atoms with Crippen LogP contribution >= 0.6 is 12.0 Å². The van der Waals surface area contributed by atoms with Crippen LogP contribution in [0.15, 0.2) is 17.0 Å². The van der Waals surface area contributed by atoms with Gasteiger partial charge in [0.25, 0.3) is 5.69 Å². The van der Waals surface area contributed by atoms with E-state index in [4.69, 9.17) is 13.7 Å². The predicted molar refractivity (Wildman–Crippen MR) is 121 cm³/mol. The summed E-state index contributed by atoms with van der Waals surface area (Å²) in [7, 11) is 2.54. The average molecular weight is 484 g/mol. The van der Waals surface area contributed by atoms with Crippen molar-refractivity contribution < 1.29 is 33.0 Å². The van der Waals surface area contributed by atoms with E-state index in [2.05, 4.69) is 0 Å². The van der Waals surface area contributed by atoms with Crippen molar-refractivity contribution >= 4 is 41.4 Å². The number of carbonyl (C=O) groups excluding carboxylic acids is 3. The summed E-state index contributed by atoms with van der Waals surface area (Å²) in [6.45, 7) is 8.88. The minimum Gasteiger partial charge on any atom is -0.465 e. The highest BCUT2D eigenvalue weighted by molar-refractivity contribution is 7.94. The topological polar surface area (TPSA) is 129 Å². The average Bonchev–Trinajstić information content (AvgIpc) is 2.71. The van der Waals surface area contributed by atoms with Crippen LogP contribution in [-0.2, 0) is 18.5 Å². The third-order valence-electron chi connectivity index (χ3n) is 4.82. The van der Waals surface area contributed by atoms with Crippen LogP contribution in [0.5, 0.6) is 0 Å². The molecule has 0 spiro atoms. The summed E-state index contributed by atoms with van der Waals surface area (Å²) in [6, 6.07) is 1.55. The molecular formula is C21H29N3O8S. The quantitative estimate of drug-likeness (QED) is 0.258. The molecule has 1 fully saturated rings. The Morgan fingerprint density at radius 3 is 2.33 bits per heavy atom. The van der Waals surface area contributed by atoms with Crippen LogP contribution in [0.1, 0.15) is 45.0 Å². The van der Waals surface area contributed by atoms with Crippen LogP contribution < -0.4 is 4.90 Å². The molecule has 1 heterocycles. The highest BCUT2D eigenvalue weighted by Crippen LogP contribution is 2.38. The van der Waals surface area contributed by atoms with Crippen LogP contribution in [-0.4, -0.2) is 66.7 Å². The van der Waals surface area contributed by atoms with Gasteiger partial charge >= 0.3 is 12.1 Å². The molecule has 1 saturated heterocycles. The minimum absolute atomic E-state index is 0.00620. The Kier molecular flexibility index (Phi) is 8.30. The lowest BCUT2D eigenvalue weighted by atomic mass is 9.98. The number of piperazine rings is 1. The summed E-state index contributed by atoms with van der Waals surface area (Å²) in [5.74, 6) is -1.54. The van der Waals surface area contributed by atoms with Gasteiger partial charge in [0, 0.05) is 31.2 Å². The van der Waals surface area contributed by atoms with Gasteiger partial charge in [-0.2, -0.15) is 0 Å². The van der Waals surface area contributed by atoms with E-state index in [0.29, 0.717) is 0 Å². The summed E-state index contributed by atoms with van der Waals surface area (Å²) in [5, 5.41) is 11.8. The van der Waals surface area contributed by atoms with Gasteiger partial charge in [0.05, 0.1) is 29.6 Å². The van der Waals surface area contributed by atoms with Crippen LogP contribution in [0.3, 0.4) is 0 Å². The summed E-state index contributed by atoms with van der Waals surface area (Å²) in [5.41, 5.74) is -1.22. The molecule has 0 N–H and O–H groups in total. The number of hydrogen-bond donors (Lipinski definition) is 0. The molecule has 182 valence electrons. The van der Waals surface area contributed by atoms with E-state index < -0.39 is 40.2 Å². The molecule has 2 amide bonds. The second kappa shape index (κ2) is 10.4. The first-order valence-electron chi connectivity index (χ1n) is 10.2. The Labute approximate surface area is 196 Å². The summed E-state index contributed by atoms with van der Waals surface area (Å²) >= 11 is 0.818. The van der Waals surface area contributed by atoms with Crippen molar-refractivity contribution in [2.45, 2.75) is 51.2 Å². The van der Waals surface area contributed by atoms with Gasteiger partial charge in [0.1, 0.15) is 17.3 Å². The van der Waals surface area contributed by atoms with Gasteiger partial charge in [0.2, 0.25) is 5.91 Å². The number of nitrogens with zero attached hydrogens (tertiary/aromatic N) is 3. The molecule has 0 bridgehead atoms. The zero-order chi connectivity index (χ0) is 25.1. The molecular weight excluding hydrogens is 454 g/mol. The Hall–Kier alpha value is -2.86. The maximum Gasteiger partial charge on any atom is 0.411 e. The van der Waals surface area contributed by atoms with Gasteiger partial charge in [-0.1, -0.05) is 13.8 Å². The molecule has 1 aliphatic heterocycles. The number of methoxy groups -OCH3 is 1. The highest BCUT2D eigenvalue weighted by atomic mass is 32.2. The lowest BCUT2D eigenvalue weighted by Crippen LogP contribution is -2.61. The standard InChI is InChI=1S/C21H29N3O8S/c1-12(2)17-18(25)22(8-9-23(17)20(27)32-21(3,4)5)14-11-16(33-31-7)13(19(26)30-6)10-15(14)24(28)29/h10-12,17H,8-9H2,1-7H3. The third kappa shape index (κ3) is 5.93. The van der Waals surface area contributed by atoms with Crippen molar-refractivity contribution in [3.63, 3.8) is 0 Å². The zero-order valence-corrected chi connectivity index (χ0v) is 20.6. The molecule has 12 heteroatoms. The maximum atomic E-state index is 13.5. The number of rotatable bonds is 6. The fourth-order valence-electron chi connectivity index (χ4n) is 3.51. The number of nitro benzene ring substituents is 1. The number of anilines is 1. The summed E-state index contributed by atoms with van der Waals surface area (Å²) in [4.78, 5) is 52.4. The molecule has 0 radical (unpaired) electrons. The van der Waals surface area contributed by atoms with Crippen molar-refractivity contribution in [2.24, 2.45) is 5.92 Å². The number of hydrogen-bond acceptors (Lipinski definition) is 9. The van der Waals surface area contributed by atoms with Crippen molar-refractivity contribution in [1.29, 1.82) is 0 Å². The van der Waals surface area contributed by atoms with E-state index in [-0.39, 0.29) is 35.2 Å². The molecule has 1 atom stereocenters. The molecule has 33 heavy (non-hydrogen) atoms. The molecule has 1 aliphatic rings. The first kappa shape index (κ1) is 26.4. The lowest BCUT2D eigenvalue weighted by molar-refractivity contribution is -0.384. The predicted octanol–water partition coefficient (Wildman–Crippen LogP) is 3.64. The second-order valence-corrected chi connectivity index (χ2v) is 9.63. The number of amides is 2. The van der Waals surface area contributed by atoms with E-state index in [1.165, 1.54) is 23.0 Å². The van der Waals surface area contributed by atoms with Gasteiger partial charge in [-0.15, -0.1) is 0 Å². The highest BCUT2D eigenvalue weighted by Gasteiger charge is 2.43. The van der Waals surface area contributed by atoms with E-state index in [1.54, 1.807) is 34.6 Å². The number of benzene rings is 1. The molecule has 0 saturated carbocycles. The van der Waals surface area contributed by atoms with Crippen LogP contribution in [0.2, 0.25) is 0 Å². The summed E-state index contributed by atoms with van der Waals surface area (Å²) < 4.78 is 15.2. The zero-order valence-electron chi connectivity index (χ0n) is 19.7. The SMILES string of the molecule is COSc1cc(N2CCN(C(=O)OC(C)(C)C)C(C(C)C)C2=O)c([N+](=O)[O-])cc1C(=O)OC. The Morgan fingerprint density at radius 2 is 1.85 bits per heavy atom. The van der Waals surface area contributed by atoms with Crippen molar-refractivity contribution in [3.05, 3.63) is 27.8 Å². The Balaban J connectivity index is 2.55. The van der Waals surface area contributed by atoms with Gasteiger partial charge in [0.15, 0.2) is 0 Å². The second-order valence-electron chi connectivity index (χ2n) is 8.69. The van der Waals surface area contributed by atoms with E-state index in [1.807, 2.05) is 0 Å². The largest absolute Gasteiger partial charge is 0.465 e. The Bertz CT molecular complexity index is 944. The number of nitro groups is 1. The summed E-state index contributed by atoms with van der Waals surface area (Å²) in [6.07, 6.45) is -0.625. The minimum atomic E-state index is -0.882. The van der Waals surface area contributed by atoms with Crippen LogP contribution in [0, 0.1) is 16.0 Å². The maximum absolute atomic E-state index is 13.5. The monoisotopic (exact) mass is 483 g/mol. The van der Waals surface area contributed by atoms with Crippen molar-refractivity contribution in [3.8, 4) is 0 Å². The van der Waals surface area contributed by atoms with Crippen molar-refractivity contribution in [1.82, 2.24) is 4.90 Å².